The lowest BCUT2D eigenvalue weighted by molar-refractivity contribution is 0.474. The molecule has 0 N–H and O–H groups in total. The van der Waals surface area contributed by atoms with Crippen molar-refractivity contribution in [2.75, 3.05) is 0 Å². The number of benzene rings is 2. The van der Waals surface area contributed by atoms with Crippen LogP contribution in [-0.4, -0.2) is 0 Å². The second-order valence-electron chi connectivity index (χ2n) is 3.56. The fourth-order valence-corrected chi connectivity index (χ4v) is 2.29. The maximum absolute atomic E-state index is 13.4. The molecular formula is C13H5BrCl2FNO. The normalized spacial score (nSPS) is 10.1. The molecule has 0 heterocycles. The van der Waals surface area contributed by atoms with E-state index in [4.69, 9.17) is 33.2 Å². The van der Waals surface area contributed by atoms with E-state index < -0.39 is 5.82 Å². The van der Waals surface area contributed by atoms with Gasteiger partial charge in [-0.15, -0.1) is 0 Å². The van der Waals surface area contributed by atoms with Crippen LogP contribution in [0.15, 0.2) is 34.8 Å². The van der Waals surface area contributed by atoms with Gasteiger partial charge >= 0.3 is 0 Å². The molecule has 2 nitrogen and oxygen atoms in total. The molecule has 0 aromatic heterocycles. The molecule has 0 spiro atoms. The Labute approximate surface area is 127 Å². The molecule has 0 aliphatic carbocycles. The first kappa shape index (κ1) is 14.1. The minimum Gasteiger partial charge on any atom is -0.455 e. The summed E-state index contributed by atoms with van der Waals surface area (Å²) in [5.41, 5.74) is 0.415. The number of halogens is 4. The zero-order valence-corrected chi connectivity index (χ0v) is 12.4. The summed E-state index contributed by atoms with van der Waals surface area (Å²) in [6.45, 7) is 0. The Morgan fingerprint density at radius 1 is 1.11 bits per heavy atom. The Bertz CT molecular complexity index is 685. The van der Waals surface area contributed by atoms with Crippen LogP contribution in [0.2, 0.25) is 10.0 Å². The molecule has 2 aromatic carbocycles. The Balaban J connectivity index is 2.37. The lowest BCUT2D eigenvalue weighted by atomic mass is 10.2. The molecule has 0 fully saturated rings. The first-order chi connectivity index (χ1) is 9.01. The Kier molecular flexibility index (Phi) is 4.31. The lowest BCUT2D eigenvalue weighted by Crippen LogP contribution is -1.89. The molecule has 0 radical (unpaired) electrons. The number of nitrogens with zero attached hydrogens (tertiary/aromatic N) is 1. The fraction of sp³-hybridized carbons (Fsp3) is 0. The Hall–Kier alpha value is -1.28. The molecule has 19 heavy (non-hydrogen) atoms. The molecule has 2 aromatic rings. The van der Waals surface area contributed by atoms with Crippen LogP contribution >= 0.6 is 39.1 Å². The lowest BCUT2D eigenvalue weighted by Gasteiger charge is -2.10. The summed E-state index contributed by atoms with van der Waals surface area (Å²) in [6.07, 6.45) is 0. The van der Waals surface area contributed by atoms with Gasteiger partial charge in [0.25, 0.3) is 0 Å². The molecule has 2 rings (SSSR count). The highest BCUT2D eigenvalue weighted by atomic mass is 79.9. The molecule has 6 heteroatoms. The summed E-state index contributed by atoms with van der Waals surface area (Å²) < 4.78 is 19.4. The predicted octanol–water partition coefficient (Wildman–Crippen LogP) is 5.56. The second-order valence-corrected chi connectivity index (χ2v) is 5.22. The summed E-state index contributed by atoms with van der Waals surface area (Å²) >= 11 is 14.8. The maximum atomic E-state index is 13.4. The van der Waals surface area contributed by atoms with Crippen LogP contribution in [-0.2, 0) is 0 Å². The van der Waals surface area contributed by atoms with E-state index in [9.17, 15) is 4.39 Å². The van der Waals surface area contributed by atoms with E-state index in [0.29, 0.717) is 15.8 Å². The van der Waals surface area contributed by atoms with Gasteiger partial charge in [-0.3, -0.25) is 0 Å². The number of hydrogen-bond donors (Lipinski definition) is 0. The van der Waals surface area contributed by atoms with Crippen LogP contribution in [0, 0.1) is 17.1 Å². The molecular weight excluding hydrogens is 356 g/mol. The van der Waals surface area contributed by atoms with Gasteiger partial charge in [0.2, 0.25) is 0 Å². The summed E-state index contributed by atoms with van der Waals surface area (Å²) in [5.74, 6) is -0.0266. The van der Waals surface area contributed by atoms with Crippen LogP contribution in [0.3, 0.4) is 0 Å². The van der Waals surface area contributed by atoms with Gasteiger partial charge < -0.3 is 4.74 Å². The largest absolute Gasteiger partial charge is 0.455 e. The predicted molar refractivity (Wildman–Crippen MR) is 75.4 cm³/mol. The number of rotatable bonds is 2. The quantitative estimate of drug-likeness (QED) is 0.657. The molecule has 0 amide bonds. The van der Waals surface area contributed by atoms with E-state index in [1.54, 1.807) is 12.1 Å². The highest BCUT2D eigenvalue weighted by Crippen LogP contribution is 2.36. The van der Waals surface area contributed by atoms with Crippen molar-refractivity contribution in [1.82, 2.24) is 0 Å². The topological polar surface area (TPSA) is 33.0 Å². The van der Waals surface area contributed by atoms with Crippen molar-refractivity contribution in [3.63, 3.8) is 0 Å². The molecule has 0 aliphatic heterocycles. The molecule has 0 unspecified atom stereocenters. The van der Waals surface area contributed by atoms with Gasteiger partial charge in [-0.25, -0.2) is 4.39 Å². The zero-order valence-electron chi connectivity index (χ0n) is 9.25. The van der Waals surface area contributed by atoms with Crippen LogP contribution in [0.5, 0.6) is 11.5 Å². The third-order valence-corrected chi connectivity index (χ3v) is 3.46. The minimum absolute atomic E-state index is 0.00912. The number of ether oxygens (including phenoxy) is 1. The van der Waals surface area contributed by atoms with E-state index in [2.05, 4.69) is 15.9 Å². The van der Waals surface area contributed by atoms with Crippen molar-refractivity contribution in [3.8, 4) is 17.6 Å². The zero-order chi connectivity index (χ0) is 14.0. The number of nitriles is 1. The van der Waals surface area contributed by atoms with E-state index in [1.807, 2.05) is 6.07 Å². The molecule has 0 saturated heterocycles. The van der Waals surface area contributed by atoms with Gasteiger partial charge in [0.1, 0.15) is 17.3 Å². The molecule has 0 bridgehead atoms. The van der Waals surface area contributed by atoms with E-state index in [-0.39, 0.29) is 15.8 Å². The van der Waals surface area contributed by atoms with Crippen molar-refractivity contribution in [2.45, 2.75) is 0 Å². The summed E-state index contributed by atoms with van der Waals surface area (Å²) in [6, 6.07) is 9.07. The van der Waals surface area contributed by atoms with Crippen LogP contribution < -0.4 is 4.74 Å². The van der Waals surface area contributed by atoms with Crippen molar-refractivity contribution in [2.24, 2.45) is 0 Å². The second kappa shape index (κ2) is 5.79. The minimum atomic E-state index is -0.593. The van der Waals surface area contributed by atoms with Crippen molar-refractivity contribution < 1.29 is 9.13 Å². The number of hydrogen-bond acceptors (Lipinski definition) is 2. The maximum Gasteiger partial charge on any atom is 0.146 e. The third kappa shape index (κ3) is 3.19. The summed E-state index contributed by atoms with van der Waals surface area (Å²) in [5, 5.41) is 8.99. The van der Waals surface area contributed by atoms with Gasteiger partial charge in [0.05, 0.1) is 26.2 Å². The van der Waals surface area contributed by atoms with E-state index in [0.717, 1.165) is 6.07 Å². The first-order valence-electron chi connectivity index (χ1n) is 5.03. The van der Waals surface area contributed by atoms with Gasteiger partial charge in [-0.2, -0.15) is 5.26 Å². The summed E-state index contributed by atoms with van der Waals surface area (Å²) in [7, 11) is 0. The van der Waals surface area contributed by atoms with Gasteiger partial charge in [-0.05, 0) is 40.2 Å². The highest BCUT2D eigenvalue weighted by Gasteiger charge is 2.11. The van der Waals surface area contributed by atoms with Crippen LogP contribution in [0.1, 0.15) is 5.56 Å². The SMILES string of the molecule is N#Cc1ccc(Oc2cc(F)c(Cl)cc2Br)c(Cl)c1. The smallest absolute Gasteiger partial charge is 0.146 e. The van der Waals surface area contributed by atoms with E-state index in [1.165, 1.54) is 12.1 Å². The average Bonchev–Trinajstić information content (AvgIpc) is 2.38. The van der Waals surface area contributed by atoms with Gasteiger partial charge in [0.15, 0.2) is 0 Å². The standard InChI is InChI=1S/C13H5BrCl2FNO/c14-8-4-9(15)11(17)5-13(8)19-12-2-1-7(6-18)3-10(12)16/h1-5H. The average molecular weight is 361 g/mol. The van der Waals surface area contributed by atoms with E-state index >= 15 is 0 Å². The monoisotopic (exact) mass is 359 g/mol. The van der Waals surface area contributed by atoms with Crippen LogP contribution in [0.4, 0.5) is 4.39 Å². The Morgan fingerprint density at radius 2 is 1.84 bits per heavy atom. The van der Waals surface area contributed by atoms with Crippen molar-refractivity contribution in [3.05, 3.63) is 56.2 Å². The van der Waals surface area contributed by atoms with Crippen molar-refractivity contribution >= 4 is 39.1 Å². The van der Waals surface area contributed by atoms with Gasteiger partial charge in [0, 0.05) is 6.07 Å². The molecule has 0 aliphatic rings. The fourth-order valence-electron chi connectivity index (χ4n) is 1.35. The highest BCUT2D eigenvalue weighted by molar-refractivity contribution is 9.10. The van der Waals surface area contributed by atoms with Crippen molar-refractivity contribution in [1.29, 1.82) is 5.26 Å². The Morgan fingerprint density at radius 3 is 2.47 bits per heavy atom. The van der Waals surface area contributed by atoms with Crippen LogP contribution in [0.25, 0.3) is 0 Å². The van der Waals surface area contributed by atoms with Gasteiger partial charge in [-0.1, -0.05) is 23.2 Å². The molecule has 0 atom stereocenters. The molecule has 0 saturated carbocycles. The summed E-state index contributed by atoms with van der Waals surface area (Å²) in [4.78, 5) is 0. The molecule has 96 valence electrons. The first-order valence-corrected chi connectivity index (χ1v) is 6.58. The third-order valence-electron chi connectivity index (χ3n) is 2.26.